The number of nitrogens with one attached hydrogen (secondary N) is 1. The third kappa shape index (κ3) is 4.09. The van der Waals surface area contributed by atoms with Crippen LogP contribution in [0.25, 0.3) is 0 Å². The topological polar surface area (TPSA) is 75.4 Å². The van der Waals surface area contributed by atoms with Gasteiger partial charge in [-0.15, -0.1) is 0 Å². The zero-order chi connectivity index (χ0) is 15.6. The molecule has 2 rings (SSSR count). The molecule has 8 heteroatoms. The Morgan fingerprint density at radius 1 is 1.38 bits per heavy atom. The minimum atomic E-state index is -3.66. The van der Waals surface area contributed by atoms with E-state index in [9.17, 15) is 8.42 Å². The average molecular weight is 352 g/mol. The summed E-state index contributed by atoms with van der Waals surface area (Å²) in [6, 6.07) is 2.86. The summed E-state index contributed by atoms with van der Waals surface area (Å²) < 4.78 is 27.4. The minimum Gasteiger partial charge on any atom is -0.326 e. The number of halogens is 2. The molecular formula is C13H19Cl2N3O2S. The van der Waals surface area contributed by atoms with Crippen molar-refractivity contribution in [2.24, 2.45) is 11.7 Å². The Balaban J connectivity index is 2.15. The lowest BCUT2D eigenvalue weighted by atomic mass is 10.1. The fraction of sp³-hybridized carbons (Fsp3) is 0.538. The summed E-state index contributed by atoms with van der Waals surface area (Å²) >= 11 is 12.0. The van der Waals surface area contributed by atoms with Crippen LogP contribution in [0.15, 0.2) is 17.0 Å². The van der Waals surface area contributed by atoms with E-state index in [1.165, 1.54) is 12.1 Å². The molecule has 0 aliphatic carbocycles. The van der Waals surface area contributed by atoms with Crippen molar-refractivity contribution in [1.82, 2.24) is 9.62 Å². The average Bonchev–Trinajstić information content (AvgIpc) is 2.82. The molecule has 5 nitrogen and oxygen atoms in total. The van der Waals surface area contributed by atoms with Crippen LogP contribution in [0.1, 0.15) is 12.0 Å². The third-order valence-corrected chi connectivity index (χ3v) is 5.90. The Bertz CT molecular complexity index is 622. The van der Waals surface area contributed by atoms with Crippen molar-refractivity contribution in [1.29, 1.82) is 0 Å². The predicted molar refractivity (Wildman–Crippen MR) is 85.1 cm³/mol. The molecule has 0 spiro atoms. The van der Waals surface area contributed by atoms with Crippen molar-refractivity contribution in [3.05, 3.63) is 27.7 Å². The molecule has 1 saturated heterocycles. The van der Waals surface area contributed by atoms with Crippen molar-refractivity contribution < 1.29 is 8.42 Å². The van der Waals surface area contributed by atoms with Crippen LogP contribution in [0.3, 0.4) is 0 Å². The van der Waals surface area contributed by atoms with E-state index in [2.05, 4.69) is 9.62 Å². The SMILES string of the molecule is CN1CCC(CNS(=O)(=O)c2cc(CN)c(Cl)cc2Cl)C1. The van der Waals surface area contributed by atoms with Gasteiger partial charge in [-0.3, -0.25) is 0 Å². The second kappa shape index (κ2) is 6.81. The van der Waals surface area contributed by atoms with Gasteiger partial charge in [0.15, 0.2) is 0 Å². The van der Waals surface area contributed by atoms with Crippen LogP contribution in [0.2, 0.25) is 10.0 Å². The van der Waals surface area contributed by atoms with Crippen LogP contribution in [0, 0.1) is 5.92 Å². The first-order valence-corrected chi connectivity index (χ1v) is 8.93. The molecular weight excluding hydrogens is 333 g/mol. The fourth-order valence-corrected chi connectivity index (χ4v) is 4.42. The molecule has 1 aromatic rings. The third-order valence-electron chi connectivity index (χ3n) is 3.66. The molecule has 21 heavy (non-hydrogen) atoms. The van der Waals surface area contributed by atoms with Crippen molar-refractivity contribution in [2.45, 2.75) is 17.9 Å². The van der Waals surface area contributed by atoms with Crippen molar-refractivity contribution in [3.63, 3.8) is 0 Å². The van der Waals surface area contributed by atoms with Gasteiger partial charge in [-0.05, 0) is 43.6 Å². The van der Waals surface area contributed by atoms with Crippen LogP contribution < -0.4 is 10.5 Å². The summed E-state index contributed by atoms with van der Waals surface area (Å²) in [6.07, 6.45) is 0.988. The van der Waals surface area contributed by atoms with E-state index in [4.69, 9.17) is 28.9 Å². The van der Waals surface area contributed by atoms with E-state index in [1.54, 1.807) is 0 Å². The molecule has 1 aliphatic heterocycles. The van der Waals surface area contributed by atoms with E-state index < -0.39 is 10.0 Å². The van der Waals surface area contributed by atoms with Gasteiger partial charge in [-0.25, -0.2) is 13.1 Å². The Labute approximate surface area is 135 Å². The first-order chi connectivity index (χ1) is 9.83. The maximum absolute atomic E-state index is 12.4. The van der Waals surface area contributed by atoms with Gasteiger partial charge in [0.05, 0.1) is 5.02 Å². The number of rotatable bonds is 5. The lowest BCUT2D eigenvalue weighted by Crippen LogP contribution is -2.30. The van der Waals surface area contributed by atoms with E-state index >= 15 is 0 Å². The largest absolute Gasteiger partial charge is 0.326 e. The van der Waals surface area contributed by atoms with Crippen LogP contribution in [-0.2, 0) is 16.6 Å². The standard InChI is InChI=1S/C13H19Cl2N3O2S/c1-18-3-2-9(8-18)7-17-21(19,20)13-4-10(6-16)11(14)5-12(13)15/h4-5,9,17H,2-3,6-8,16H2,1H3. The quantitative estimate of drug-likeness (QED) is 0.846. The van der Waals surface area contributed by atoms with Gasteiger partial charge in [0.2, 0.25) is 10.0 Å². The summed E-state index contributed by atoms with van der Waals surface area (Å²) in [6.45, 7) is 2.45. The fourth-order valence-electron chi connectivity index (χ4n) is 2.43. The predicted octanol–water partition coefficient (Wildman–Crippen LogP) is 1.68. The molecule has 0 amide bonds. The normalized spacial score (nSPS) is 20.1. The summed E-state index contributed by atoms with van der Waals surface area (Å²) in [7, 11) is -1.63. The molecule has 1 fully saturated rings. The Kier molecular flexibility index (Phi) is 5.51. The summed E-state index contributed by atoms with van der Waals surface area (Å²) in [5, 5.41) is 0.479. The Morgan fingerprint density at radius 3 is 2.67 bits per heavy atom. The van der Waals surface area contributed by atoms with Gasteiger partial charge < -0.3 is 10.6 Å². The van der Waals surface area contributed by atoms with Gasteiger partial charge in [-0.1, -0.05) is 23.2 Å². The molecule has 0 saturated carbocycles. The van der Waals surface area contributed by atoms with Crippen LogP contribution in [0.5, 0.6) is 0 Å². The van der Waals surface area contributed by atoms with Crippen molar-refractivity contribution >= 4 is 33.2 Å². The second-order valence-electron chi connectivity index (χ2n) is 5.35. The number of likely N-dealkylation sites (tertiary alicyclic amines) is 1. The maximum atomic E-state index is 12.4. The van der Waals surface area contributed by atoms with E-state index in [-0.39, 0.29) is 16.5 Å². The zero-order valence-electron chi connectivity index (χ0n) is 11.8. The lowest BCUT2D eigenvalue weighted by molar-refractivity contribution is 0.394. The second-order valence-corrected chi connectivity index (χ2v) is 7.90. The number of hydrogen-bond donors (Lipinski definition) is 2. The molecule has 1 aliphatic rings. The molecule has 3 N–H and O–H groups in total. The number of nitrogens with zero attached hydrogens (tertiary/aromatic N) is 1. The van der Waals surface area contributed by atoms with Crippen LogP contribution in [-0.4, -0.2) is 40.0 Å². The summed E-state index contributed by atoms with van der Waals surface area (Å²) in [5.41, 5.74) is 6.11. The number of benzene rings is 1. The van der Waals surface area contributed by atoms with E-state index in [0.29, 0.717) is 23.0 Å². The molecule has 0 aromatic heterocycles. The lowest BCUT2D eigenvalue weighted by Gasteiger charge is -2.14. The van der Waals surface area contributed by atoms with Crippen molar-refractivity contribution in [3.8, 4) is 0 Å². The van der Waals surface area contributed by atoms with E-state index in [1.807, 2.05) is 7.05 Å². The van der Waals surface area contributed by atoms with Gasteiger partial charge >= 0.3 is 0 Å². The summed E-state index contributed by atoms with van der Waals surface area (Å²) in [4.78, 5) is 2.21. The Morgan fingerprint density at radius 2 is 2.10 bits per heavy atom. The number of hydrogen-bond acceptors (Lipinski definition) is 4. The molecule has 1 atom stereocenters. The maximum Gasteiger partial charge on any atom is 0.242 e. The van der Waals surface area contributed by atoms with Gasteiger partial charge in [0.1, 0.15) is 4.90 Å². The van der Waals surface area contributed by atoms with E-state index in [0.717, 1.165) is 19.5 Å². The first kappa shape index (κ1) is 17.0. The highest BCUT2D eigenvalue weighted by molar-refractivity contribution is 7.89. The van der Waals surface area contributed by atoms with Gasteiger partial charge in [0, 0.05) is 24.7 Å². The minimum absolute atomic E-state index is 0.0281. The number of nitrogens with two attached hydrogens (primary N) is 1. The van der Waals surface area contributed by atoms with Gasteiger partial charge in [0.25, 0.3) is 0 Å². The summed E-state index contributed by atoms with van der Waals surface area (Å²) in [5.74, 6) is 0.324. The van der Waals surface area contributed by atoms with Crippen LogP contribution in [0.4, 0.5) is 0 Å². The molecule has 1 unspecified atom stereocenters. The van der Waals surface area contributed by atoms with Gasteiger partial charge in [-0.2, -0.15) is 0 Å². The monoisotopic (exact) mass is 351 g/mol. The zero-order valence-corrected chi connectivity index (χ0v) is 14.1. The highest BCUT2D eigenvalue weighted by atomic mass is 35.5. The molecule has 1 heterocycles. The van der Waals surface area contributed by atoms with Crippen molar-refractivity contribution in [2.75, 3.05) is 26.7 Å². The molecule has 0 radical (unpaired) electrons. The molecule has 1 aromatic carbocycles. The highest BCUT2D eigenvalue weighted by Crippen LogP contribution is 2.28. The molecule has 0 bridgehead atoms. The molecule has 118 valence electrons. The van der Waals surface area contributed by atoms with Crippen LogP contribution >= 0.6 is 23.2 Å². The Hall–Kier alpha value is -0.370. The number of sulfonamides is 1. The highest BCUT2D eigenvalue weighted by Gasteiger charge is 2.24. The smallest absolute Gasteiger partial charge is 0.242 e. The first-order valence-electron chi connectivity index (χ1n) is 6.69.